The fraction of sp³-hybridized carbons (Fsp3) is 0.538. The van der Waals surface area contributed by atoms with Crippen LogP contribution >= 0.6 is 0 Å². The summed E-state index contributed by atoms with van der Waals surface area (Å²) in [5.41, 5.74) is 1.17. The van der Waals surface area contributed by atoms with E-state index in [1.807, 2.05) is 13.8 Å². The van der Waals surface area contributed by atoms with Crippen molar-refractivity contribution < 1.29 is 19.3 Å². The van der Waals surface area contributed by atoms with E-state index < -0.39 is 0 Å². The van der Waals surface area contributed by atoms with E-state index in [-0.39, 0.29) is 37.3 Å². The summed E-state index contributed by atoms with van der Waals surface area (Å²) >= 11 is 0. The first-order valence-electron chi connectivity index (χ1n) is 5.77. The molecule has 0 aromatic heterocycles. The molecule has 0 saturated heterocycles. The van der Waals surface area contributed by atoms with E-state index in [4.69, 9.17) is 14.9 Å². The van der Waals surface area contributed by atoms with Crippen molar-refractivity contribution in [3.05, 3.63) is 29.1 Å². The highest BCUT2D eigenvalue weighted by molar-refractivity contribution is 5.37. The summed E-state index contributed by atoms with van der Waals surface area (Å²) in [5.74, 6) is -0.203. The van der Waals surface area contributed by atoms with E-state index in [2.05, 4.69) is 0 Å². The number of benzene rings is 1. The number of hydrogen-bond acceptors (Lipinski definition) is 3. The van der Waals surface area contributed by atoms with Crippen molar-refractivity contribution in [1.29, 1.82) is 0 Å². The van der Waals surface area contributed by atoms with E-state index in [0.29, 0.717) is 17.5 Å². The molecule has 96 valence electrons. The lowest BCUT2D eigenvalue weighted by Crippen LogP contribution is -2.05. The molecule has 0 atom stereocenters. The van der Waals surface area contributed by atoms with Gasteiger partial charge in [0, 0.05) is 13.0 Å². The molecular weight excluding hydrogens is 223 g/mol. The third-order valence-electron chi connectivity index (χ3n) is 2.49. The number of hydrogen-bond donors (Lipinski definition) is 2. The second-order valence-electron chi connectivity index (χ2n) is 4.24. The zero-order valence-corrected chi connectivity index (χ0v) is 10.2. The molecule has 0 aliphatic carbocycles. The molecular formula is C13H19FO3. The minimum Gasteiger partial charge on any atom is -0.490 e. The third-order valence-corrected chi connectivity index (χ3v) is 2.49. The number of ether oxygens (including phenoxy) is 1. The lowest BCUT2D eigenvalue weighted by atomic mass is 9.99. The summed E-state index contributed by atoms with van der Waals surface area (Å²) in [7, 11) is 0. The van der Waals surface area contributed by atoms with Gasteiger partial charge >= 0.3 is 0 Å². The molecule has 1 aromatic rings. The van der Waals surface area contributed by atoms with Crippen LogP contribution < -0.4 is 4.74 Å². The molecule has 0 unspecified atom stereocenters. The molecule has 0 amide bonds. The lowest BCUT2D eigenvalue weighted by molar-refractivity contribution is 0.227. The molecule has 0 bridgehead atoms. The summed E-state index contributed by atoms with van der Waals surface area (Å²) in [6.07, 6.45) is 0.458. The average molecular weight is 242 g/mol. The zero-order valence-electron chi connectivity index (χ0n) is 10.2. The van der Waals surface area contributed by atoms with Gasteiger partial charge in [-0.3, -0.25) is 0 Å². The molecule has 0 aliphatic rings. The molecule has 0 spiro atoms. The van der Waals surface area contributed by atoms with Gasteiger partial charge in [0.2, 0.25) is 0 Å². The van der Waals surface area contributed by atoms with Crippen LogP contribution in [0.15, 0.2) is 12.1 Å². The van der Waals surface area contributed by atoms with Crippen LogP contribution in [0.25, 0.3) is 0 Å². The fourth-order valence-corrected chi connectivity index (χ4v) is 1.54. The highest BCUT2D eigenvalue weighted by Crippen LogP contribution is 2.28. The quantitative estimate of drug-likeness (QED) is 0.752. The number of rotatable bonds is 6. The van der Waals surface area contributed by atoms with Gasteiger partial charge < -0.3 is 14.9 Å². The Labute approximate surface area is 101 Å². The van der Waals surface area contributed by atoms with Crippen molar-refractivity contribution in [2.24, 2.45) is 0 Å². The maximum atomic E-state index is 14.0. The van der Waals surface area contributed by atoms with Crippen LogP contribution in [0.5, 0.6) is 5.75 Å². The fourth-order valence-electron chi connectivity index (χ4n) is 1.54. The van der Waals surface area contributed by atoms with E-state index in [1.165, 1.54) is 6.07 Å². The number of halogens is 1. The standard InChI is InChI=1S/C13H19FO3/c1-9(2)11-6-10(8-16)7-12(13(11)14)17-5-3-4-15/h6-7,9,15-16H,3-5,8H2,1-2H3. The van der Waals surface area contributed by atoms with Crippen LogP contribution in [0.2, 0.25) is 0 Å². The van der Waals surface area contributed by atoms with Crippen molar-refractivity contribution in [3.63, 3.8) is 0 Å². The van der Waals surface area contributed by atoms with Gasteiger partial charge in [-0.25, -0.2) is 4.39 Å². The monoisotopic (exact) mass is 242 g/mol. The van der Waals surface area contributed by atoms with Gasteiger partial charge in [-0.2, -0.15) is 0 Å². The van der Waals surface area contributed by atoms with E-state index in [0.717, 1.165) is 0 Å². The molecule has 3 nitrogen and oxygen atoms in total. The van der Waals surface area contributed by atoms with Crippen molar-refractivity contribution in [3.8, 4) is 5.75 Å². The maximum Gasteiger partial charge on any atom is 0.168 e. The van der Waals surface area contributed by atoms with Crippen LogP contribution in [0.4, 0.5) is 4.39 Å². The highest BCUT2D eigenvalue weighted by atomic mass is 19.1. The molecule has 0 fully saturated rings. The van der Waals surface area contributed by atoms with Crippen LogP contribution in [-0.2, 0) is 6.61 Å². The minimum absolute atomic E-state index is 0.0122. The molecule has 0 radical (unpaired) electrons. The lowest BCUT2D eigenvalue weighted by Gasteiger charge is -2.14. The predicted octanol–water partition coefficient (Wildman–Crippen LogP) is 2.20. The molecule has 17 heavy (non-hydrogen) atoms. The van der Waals surface area contributed by atoms with E-state index in [1.54, 1.807) is 6.07 Å². The summed E-state index contributed by atoms with van der Waals surface area (Å²) in [5, 5.41) is 17.8. The van der Waals surface area contributed by atoms with Gasteiger partial charge in [0.05, 0.1) is 13.2 Å². The summed E-state index contributed by atoms with van der Waals surface area (Å²) in [6.45, 7) is 3.91. The van der Waals surface area contributed by atoms with Crippen LogP contribution in [-0.4, -0.2) is 23.4 Å². The van der Waals surface area contributed by atoms with Gasteiger partial charge in [-0.1, -0.05) is 19.9 Å². The van der Waals surface area contributed by atoms with Gasteiger partial charge in [0.25, 0.3) is 0 Å². The largest absolute Gasteiger partial charge is 0.490 e. The summed E-state index contributed by atoms with van der Waals surface area (Å²) in [6, 6.07) is 3.15. The molecule has 0 heterocycles. The van der Waals surface area contributed by atoms with Crippen molar-refractivity contribution >= 4 is 0 Å². The Hall–Kier alpha value is -1.13. The Morgan fingerprint density at radius 3 is 2.53 bits per heavy atom. The Balaban J connectivity index is 2.97. The van der Waals surface area contributed by atoms with Crippen molar-refractivity contribution in [1.82, 2.24) is 0 Å². The first-order valence-corrected chi connectivity index (χ1v) is 5.77. The summed E-state index contributed by atoms with van der Waals surface area (Å²) in [4.78, 5) is 0. The number of aliphatic hydroxyl groups is 2. The SMILES string of the molecule is CC(C)c1cc(CO)cc(OCCCO)c1F. The average Bonchev–Trinajstić information content (AvgIpc) is 2.31. The van der Waals surface area contributed by atoms with E-state index in [9.17, 15) is 4.39 Å². The molecule has 1 rings (SSSR count). The van der Waals surface area contributed by atoms with Crippen LogP contribution in [0.3, 0.4) is 0 Å². The Kier molecular flexibility index (Phi) is 5.38. The second-order valence-corrected chi connectivity index (χ2v) is 4.24. The molecule has 1 aromatic carbocycles. The highest BCUT2D eigenvalue weighted by Gasteiger charge is 2.14. The van der Waals surface area contributed by atoms with E-state index >= 15 is 0 Å². The molecule has 0 saturated carbocycles. The Morgan fingerprint density at radius 1 is 1.29 bits per heavy atom. The Bertz CT molecular complexity index is 364. The molecule has 4 heteroatoms. The molecule has 2 N–H and O–H groups in total. The Morgan fingerprint density at radius 2 is 2.00 bits per heavy atom. The van der Waals surface area contributed by atoms with Crippen molar-refractivity contribution in [2.45, 2.75) is 32.8 Å². The summed E-state index contributed by atoms with van der Waals surface area (Å²) < 4.78 is 19.3. The maximum absolute atomic E-state index is 14.0. The first-order chi connectivity index (χ1) is 8.10. The smallest absolute Gasteiger partial charge is 0.168 e. The van der Waals surface area contributed by atoms with Gasteiger partial charge in [-0.05, 0) is 23.1 Å². The van der Waals surface area contributed by atoms with Crippen LogP contribution in [0, 0.1) is 5.82 Å². The van der Waals surface area contributed by atoms with Gasteiger partial charge in [-0.15, -0.1) is 0 Å². The van der Waals surface area contributed by atoms with Crippen molar-refractivity contribution in [2.75, 3.05) is 13.2 Å². The minimum atomic E-state index is -0.380. The first kappa shape index (κ1) is 13.9. The number of aliphatic hydroxyl groups excluding tert-OH is 2. The van der Waals surface area contributed by atoms with Crippen LogP contribution in [0.1, 0.15) is 37.3 Å². The zero-order chi connectivity index (χ0) is 12.8. The second kappa shape index (κ2) is 6.57. The van der Waals surface area contributed by atoms with Gasteiger partial charge in [0.15, 0.2) is 11.6 Å². The third kappa shape index (κ3) is 3.68. The van der Waals surface area contributed by atoms with Gasteiger partial charge in [0.1, 0.15) is 0 Å². The normalized spacial score (nSPS) is 10.9. The topological polar surface area (TPSA) is 49.7 Å². The molecule has 0 aliphatic heterocycles. The predicted molar refractivity (Wildman–Crippen MR) is 63.6 cm³/mol.